The van der Waals surface area contributed by atoms with Crippen molar-refractivity contribution in [3.8, 4) is 0 Å². The van der Waals surface area contributed by atoms with E-state index in [0.717, 1.165) is 0 Å². The van der Waals surface area contributed by atoms with Crippen molar-refractivity contribution in [3.05, 3.63) is 86.9 Å². The summed E-state index contributed by atoms with van der Waals surface area (Å²) in [5.74, 6) is -0.327. The minimum absolute atomic E-state index is 0.0376. The summed E-state index contributed by atoms with van der Waals surface area (Å²) in [7, 11) is -3.87. The number of carbonyl (C=O) groups is 1. The number of benzene rings is 3. The lowest BCUT2D eigenvalue weighted by molar-refractivity contribution is 0.102. The van der Waals surface area contributed by atoms with Crippen LogP contribution in [0.15, 0.2) is 65.6 Å². The summed E-state index contributed by atoms with van der Waals surface area (Å²) >= 11 is 17.7. The van der Waals surface area contributed by atoms with Gasteiger partial charge in [0.1, 0.15) is 0 Å². The van der Waals surface area contributed by atoms with Crippen LogP contribution in [0, 0.1) is 6.92 Å². The quantitative estimate of drug-likeness (QED) is 0.480. The Hall–Kier alpha value is -2.25. The maximum Gasteiger partial charge on any atom is 0.261 e. The number of aryl methyl sites for hydroxylation is 1. The molecule has 0 saturated heterocycles. The van der Waals surface area contributed by atoms with Gasteiger partial charge in [-0.2, -0.15) is 0 Å². The van der Waals surface area contributed by atoms with Crippen LogP contribution in [0.2, 0.25) is 15.1 Å². The van der Waals surface area contributed by atoms with E-state index in [0.29, 0.717) is 31.9 Å². The summed E-state index contributed by atoms with van der Waals surface area (Å²) in [6.45, 7) is 1.70. The highest BCUT2D eigenvalue weighted by Crippen LogP contribution is 2.26. The van der Waals surface area contributed by atoms with Gasteiger partial charge >= 0.3 is 0 Å². The monoisotopic (exact) mass is 468 g/mol. The van der Waals surface area contributed by atoms with Crippen molar-refractivity contribution in [2.45, 2.75) is 11.8 Å². The molecule has 3 rings (SSSR count). The molecule has 5 nitrogen and oxygen atoms in total. The maximum absolute atomic E-state index is 12.7. The van der Waals surface area contributed by atoms with E-state index in [2.05, 4.69) is 10.0 Å². The van der Waals surface area contributed by atoms with Crippen LogP contribution in [0.1, 0.15) is 15.9 Å². The normalized spacial score (nSPS) is 11.2. The summed E-state index contributed by atoms with van der Waals surface area (Å²) in [6.07, 6.45) is 0. The Balaban J connectivity index is 1.80. The highest BCUT2D eigenvalue weighted by atomic mass is 35.5. The van der Waals surface area contributed by atoms with E-state index in [1.165, 1.54) is 36.4 Å². The van der Waals surface area contributed by atoms with E-state index >= 15 is 0 Å². The Morgan fingerprint density at radius 3 is 2.03 bits per heavy atom. The Bertz CT molecular complexity index is 1160. The number of halogens is 3. The largest absolute Gasteiger partial charge is 0.322 e. The molecule has 150 valence electrons. The van der Waals surface area contributed by atoms with E-state index in [9.17, 15) is 13.2 Å². The van der Waals surface area contributed by atoms with E-state index in [-0.39, 0.29) is 16.5 Å². The number of rotatable bonds is 5. The number of nitrogens with one attached hydrogen (secondary N) is 2. The first-order valence-corrected chi connectivity index (χ1v) is 10.9. The molecule has 0 aliphatic carbocycles. The number of hydrogen-bond donors (Lipinski definition) is 2. The molecule has 3 aromatic rings. The van der Waals surface area contributed by atoms with E-state index < -0.39 is 10.0 Å². The molecule has 0 bridgehead atoms. The zero-order valence-corrected chi connectivity index (χ0v) is 18.1. The second-order valence-electron chi connectivity index (χ2n) is 6.20. The van der Waals surface area contributed by atoms with Gasteiger partial charge in [0.25, 0.3) is 15.9 Å². The fraction of sp³-hybridized carbons (Fsp3) is 0.0500. The zero-order chi connectivity index (χ0) is 21.2. The van der Waals surface area contributed by atoms with E-state index in [4.69, 9.17) is 34.8 Å². The van der Waals surface area contributed by atoms with Crippen molar-refractivity contribution in [1.29, 1.82) is 0 Å². The van der Waals surface area contributed by atoms with Gasteiger partial charge in [0, 0.05) is 26.3 Å². The summed E-state index contributed by atoms with van der Waals surface area (Å²) in [6, 6.07) is 15.3. The second kappa shape index (κ2) is 8.63. The molecule has 0 heterocycles. The van der Waals surface area contributed by atoms with Crippen LogP contribution in [-0.4, -0.2) is 14.3 Å². The first-order chi connectivity index (χ1) is 13.6. The standard InChI is InChI=1S/C20H15Cl3N2O3S/c1-12-8-18(29(27,28)25-17-10-15(22)9-16(23)11-17)6-7-19(12)24-20(26)13-2-4-14(21)5-3-13/h2-11,25H,1H3,(H,24,26). The van der Waals surface area contributed by atoms with Crippen molar-refractivity contribution in [2.75, 3.05) is 10.0 Å². The molecule has 0 unspecified atom stereocenters. The van der Waals surface area contributed by atoms with Gasteiger partial charge in [-0.15, -0.1) is 0 Å². The minimum Gasteiger partial charge on any atom is -0.322 e. The van der Waals surface area contributed by atoms with Crippen LogP contribution >= 0.6 is 34.8 Å². The van der Waals surface area contributed by atoms with Crippen LogP contribution in [-0.2, 0) is 10.0 Å². The fourth-order valence-corrected chi connectivity index (χ4v) is 4.34. The molecule has 0 spiro atoms. The summed E-state index contributed by atoms with van der Waals surface area (Å²) < 4.78 is 27.8. The summed E-state index contributed by atoms with van der Waals surface area (Å²) in [5, 5.41) is 3.91. The Morgan fingerprint density at radius 1 is 0.828 bits per heavy atom. The number of hydrogen-bond acceptors (Lipinski definition) is 3. The lowest BCUT2D eigenvalue weighted by Crippen LogP contribution is -2.15. The smallest absolute Gasteiger partial charge is 0.261 e. The molecule has 0 aromatic heterocycles. The molecule has 29 heavy (non-hydrogen) atoms. The van der Waals surface area contributed by atoms with Crippen molar-refractivity contribution in [1.82, 2.24) is 0 Å². The number of anilines is 2. The molecule has 9 heteroatoms. The molecule has 0 atom stereocenters. The van der Waals surface area contributed by atoms with E-state index in [1.54, 1.807) is 31.2 Å². The average molecular weight is 470 g/mol. The van der Waals surface area contributed by atoms with Gasteiger partial charge in [0.05, 0.1) is 10.6 Å². The SMILES string of the molecule is Cc1cc(S(=O)(=O)Nc2cc(Cl)cc(Cl)c2)ccc1NC(=O)c1ccc(Cl)cc1. The van der Waals surface area contributed by atoms with Crippen LogP contribution in [0.4, 0.5) is 11.4 Å². The highest BCUT2D eigenvalue weighted by molar-refractivity contribution is 7.92. The van der Waals surface area contributed by atoms with Gasteiger partial charge in [-0.25, -0.2) is 8.42 Å². The first kappa shape index (κ1) is 21.5. The lowest BCUT2D eigenvalue weighted by Gasteiger charge is -2.12. The summed E-state index contributed by atoms with van der Waals surface area (Å²) in [5.41, 5.74) is 1.76. The van der Waals surface area contributed by atoms with Crippen molar-refractivity contribution in [3.63, 3.8) is 0 Å². The molecule has 0 saturated carbocycles. The number of sulfonamides is 1. The first-order valence-electron chi connectivity index (χ1n) is 8.30. The number of amides is 1. The molecule has 3 aromatic carbocycles. The van der Waals surface area contributed by atoms with Gasteiger partial charge in [-0.05, 0) is 73.2 Å². The molecule has 1 amide bonds. The van der Waals surface area contributed by atoms with Gasteiger partial charge < -0.3 is 5.32 Å². The van der Waals surface area contributed by atoms with Crippen molar-refractivity contribution < 1.29 is 13.2 Å². The maximum atomic E-state index is 12.7. The van der Waals surface area contributed by atoms with Gasteiger partial charge in [-0.3, -0.25) is 9.52 Å². The van der Waals surface area contributed by atoms with Crippen molar-refractivity contribution in [2.24, 2.45) is 0 Å². The third-order valence-electron chi connectivity index (χ3n) is 3.98. The predicted molar refractivity (Wildman–Crippen MR) is 118 cm³/mol. The molecular formula is C20H15Cl3N2O3S. The fourth-order valence-electron chi connectivity index (χ4n) is 2.57. The zero-order valence-electron chi connectivity index (χ0n) is 15.0. The number of carbonyl (C=O) groups excluding carboxylic acids is 1. The molecule has 0 radical (unpaired) electrons. The summed E-state index contributed by atoms with van der Waals surface area (Å²) in [4.78, 5) is 12.4. The lowest BCUT2D eigenvalue weighted by atomic mass is 10.1. The Morgan fingerprint density at radius 2 is 1.45 bits per heavy atom. The van der Waals surface area contributed by atoms with Crippen LogP contribution in [0.5, 0.6) is 0 Å². The topological polar surface area (TPSA) is 75.3 Å². The Kier molecular flexibility index (Phi) is 6.39. The van der Waals surface area contributed by atoms with E-state index in [1.807, 2.05) is 0 Å². The third kappa shape index (κ3) is 5.42. The van der Waals surface area contributed by atoms with Gasteiger partial charge in [-0.1, -0.05) is 34.8 Å². The van der Waals surface area contributed by atoms with Crippen LogP contribution in [0.25, 0.3) is 0 Å². The molecule has 0 aliphatic rings. The second-order valence-corrected chi connectivity index (χ2v) is 9.19. The minimum atomic E-state index is -3.87. The van der Waals surface area contributed by atoms with Crippen LogP contribution < -0.4 is 10.0 Å². The van der Waals surface area contributed by atoms with Gasteiger partial charge in [0.2, 0.25) is 0 Å². The third-order valence-corrected chi connectivity index (χ3v) is 6.04. The Labute approximate surface area is 183 Å². The molecule has 2 N–H and O–H groups in total. The molecule has 0 fully saturated rings. The van der Waals surface area contributed by atoms with Gasteiger partial charge in [0.15, 0.2) is 0 Å². The average Bonchev–Trinajstić information content (AvgIpc) is 2.62. The van der Waals surface area contributed by atoms with Crippen molar-refractivity contribution >= 4 is 62.1 Å². The van der Waals surface area contributed by atoms with Crippen LogP contribution in [0.3, 0.4) is 0 Å². The highest BCUT2D eigenvalue weighted by Gasteiger charge is 2.17. The molecule has 0 aliphatic heterocycles. The predicted octanol–water partition coefficient (Wildman–Crippen LogP) is 6.01. The molecular weight excluding hydrogens is 455 g/mol.